The second kappa shape index (κ2) is 6.33. The fourth-order valence-electron chi connectivity index (χ4n) is 2.23. The zero-order valence-electron chi connectivity index (χ0n) is 11.4. The van der Waals surface area contributed by atoms with Gasteiger partial charge in [-0.25, -0.2) is 8.78 Å². The fourth-order valence-corrected chi connectivity index (χ4v) is 2.44. The number of hydrogen-bond acceptors (Lipinski definition) is 1. The van der Waals surface area contributed by atoms with Gasteiger partial charge in [0.15, 0.2) is 0 Å². The second-order valence-corrected chi connectivity index (χ2v) is 5.14. The van der Waals surface area contributed by atoms with Crippen LogP contribution in [0.2, 0.25) is 5.02 Å². The molecule has 0 aliphatic heterocycles. The number of likely N-dealkylation sites (N-methyl/N-ethyl adjacent to an activating group) is 1. The molecule has 1 atom stereocenters. The van der Waals surface area contributed by atoms with Crippen LogP contribution < -0.4 is 5.32 Å². The van der Waals surface area contributed by atoms with Crippen molar-refractivity contribution in [2.45, 2.75) is 19.4 Å². The first-order chi connectivity index (χ1) is 9.54. The van der Waals surface area contributed by atoms with Crippen molar-refractivity contribution in [3.63, 3.8) is 0 Å². The Bertz CT molecular complexity index is 613. The Kier molecular flexibility index (Phi) is 4.73. The van der Waals surface area contributed by atoms with Crippen molar-refractivity contribution in [1.82, 2.24) is 5.32 Å². The standard InChI is InChI=1S/C16H16ClF2N/c1-10-7-8-13(18)15(16(10)19)14(20-2)9-11-5-3-4-6-12(11)17/h3-8,14,20H,9H2,1-2H3. The van der Waals surface area contributed by atoms with Gasteiger partial charge in [-0.15, -0.1) is 0 Å². The van der Waals surface area contributed by atoms with Gasteiger partial charge in [0, 0.05) is 16.6 Å². The minimum atomic E-state index is -0.542. The Morgan fingerprint density at radius 2 is 1.85 bits per heavy atom. The van der Waals surface area contributed by atoms with E-state index in [0.29, 0.717) is 17.0 Å². The van der Waals surface area contributed by atoms with Crippen LogP contribution in [0.15, 0.2) is 36.4 Å². The molecule has 2 rings (SSSR count). The summed E-state index contributed by atoms with van der Waals surface area (Å²) in [4.78, 5) is 0. The molecule has 0 aliphatic rings. The normalized spacial score (nSPS) is 12.4. The minimum absolute atomic E-state index is 0.0624. The summed E-state index contributed by atoms with van der Waals surface area (Å²) in [6.07, 6.45) is 0.424. The minimum Gasteiger partial charge on any atom is -0.313 e. The first-order valence-electron chi connectivity index (χ1n) is 6.39. The molecule has 0 bridgehead atoms. The summed E-state index contributed by atoms with van der Waals surface area (Å²) < 4.78 is 28.1. The van der Waals surface area contributed by atoms with Crippen molar-refractivity contribution in [3.05, 3.63) is 69.7 Å². The van der Waals surface area contributed by atoms with E-state index in [0.717, 1.165) is 5.56 Å². The monoisotopic (exact) mass is 295 g/mol. The Hall–Kier alpha value is -1.45. The first-order valence-corrected chi connectivity index (χ1v) is 6.77. The lowest BCUT2D eigenvalue weighted by Crippen LogP contribution is -2.22. The molecule has 2 aromatic rings. The van der Waals surface area contributed by atoms with E-state index < -0.39 is 17.7 Å². The fraction of sp³-hybridized carbons (Fsp3) is 0.250. The van der Waals surface area contributed by atoms with Gasteiger partial charge >= 0.3 is 0 Å². The molecule has 1 N–H and O–H groups in total. The predicted molar refractivity (Wildman–Crippen MR) is 78.1 cm³/mol. The van der Waals surface area contributed by atoms with Crippen molar-refractivity contribution in [3.8, 4) is 0 Å². The summed E-state index contributed by atoms with van der Waals surface area (Å²) in [6.45, 7) is 1.63. The quantitative estimate of drug-likeness (QED) is 0.880. The van der Waals surface area contributed by atoms with E-state index in [1.807, 2.05) is 18.2 Å². The first kappa shape index (κ1) is 14.9. The van der Waals surface area contributed by atoms with Gasteiger partial charge in [0.25, 0.3) is 0 Å². The van der Waals surface area contributed by atoms with Crippen LogP contribution in [-0.2, 0) is 6.42 Å². The summed E-state index contributed by atoms with van der Waals surface area (Å²) in [5.41, 5.74) is 1.35. The van der Waals surface area contributed by atoms with E-state index in [-0.39, 0.29) is 5.56 Å². The number of benzene rings is 2. The van der Waals surface area contributed by atoms with Gasteiger partial charge in [0.2, 0.25) is 0 Å². The smallest absolute Gasteiger partial charge is 0.133 e. The van der Waals surface area contributed by atoms with Gasteiger partial charge in [0.05, 0.1) is 0 Å². The van der Waals surface area contributed by atoms with E-state index in [1.165, 1.54) is 12.1 Å². The highest BCUT2D eigenvalue weighted by molar-refractivity contribution is 6.31. The van der Waals surface area contributed by atoms with Crippen molar-refractivity contribution in [2.75, 3.05) is 7.05 Å². The molecular formula is C16H16ClF2N. The maximum absolute atomic E-state index is 14.2. The van der Waals surface area contributed by atoms with Crippen LogP contribution in [0.1, 0.15) is 22.7 Å². The predicted octanol–water partition coefficient (Wildman–Crippen LogP) is 4.43. The molecular weight excluding hydrogens is 280 g/mol. The van der Waals surface area contributed by atoms with Crippen LogP contribution in [0.5, 0.6) is 0 Å². The van der Waals surface area contributed by atoms with Crippen LogP contribution >= 0.6 is 11.6 Å². The molecule has 2 aromatic carbocycles. The molecule has 0 amide bonds. The molecule has 0 saturated heterocycles. The van der Waals surface area contributed by atoms with E-state index in [1.54, 1.807) is 20.0 Å². The molecule has 1 nitrogen and oxygen atoms in total. The van der Waals surface area contributed by atoms with Gasteiger partial charge in [-0.1, -0.05) is 35.9 Å². The maximum atomic E-state index is 14.2. The van der Waals surface area contributed by atoms with Gasteiger partial charge in [0.1, 0.15) is 11.6 Å². The number of halogens is 3. The lowest BCUT2D eigenvalue weighted by Gasteiger charge is -2.19. The molecule has 0 spiro atoms. The largest absolute Gasteiger partial charge is 0.313 e. The molecule has 0 fully saturated rings. The zero-order chi connectivity index (χ0) is 14.7. The molecule has 0 saturated carbocycles. The molecule has 1 unspecified atom stereocenters. The summed E-state index contributed by atoms with van der Waals surface area (Å²) in [7, 11) is 1.68. The van der Waals surface area contributed by atoms with Crippen LogP contribution in [0, 0.1) is 18.6 Å². The highest BCUT2D eigenvalue weighted by atomic mass is 35.5. The Morgan fingerprint density at radius 3 is 2.50 bits per heavy atom. The van der Waals surface area contributed by atoms with Crippen LogP contribution in [-0.4, -0.2) is 7.05 Å². The zero-order valence-corrected chi connectivity index (χ0v) is 12.1. The molecule has 20 heavy (non-hydrogen) atoms. The van der Waals surface area contributed by atoms with E-state index in [4.69, 9.17) is 11.6 Å². The average Bonchev–Trinajstić information content (AvgIpc) is 2.44. The third kappa shape index (κ3) is 3.00. The van der Waals surface area contributed by atoms with Crippen LogP contribution in [0.25, 0.3) is 0 Å². The molecule has 106 valence electrons. The Morgan fingerprint density at radius 1 is 1.15 bits per heavy atom. The van der Waals surface area contributed by atoms with Crippen LogP contribution in [0.3, 0.4) is 0 Å². The van der Waals surface area contributed by atoms with Gasteiger partial charge in [-0.3, -0.25) is 0 Å². The Balaban J connectivity index is 2.39. The summed E-state index contributed by atoms with van der Waals surface area (Å²) >= 11 is 6.11. The average molecular weight is 296 g/mol. The van der Waals surface area contributed by atoms with Crippen molar-refractivity contribution < 1.29 is 8.78 Å². The van der Waals surface area contributed by atoms with E-state index >= 15 is 0 Å². The van der Waals surface area contributed by atoms with Crippen molar-refractivity contribution in [2.24, 2.45) is 0 Å². The highest BCUT2D eigenvalue weighted by Crippen LogP contribution is 2.28. The van der Waals surface area contributed by atoms with Crippen LogP contribution in [0.4, 0.5) is 8.78 Å². The van der Waals surface area contributed by atoms with Crippen molar-refractivity contribution in [1.29, 1.82) is 0 Å². The maximum Gasteiger partial charge on any atom is 0.133 e. The topological polar surface area (TPSA) is 12.0 Å². The van der Waals surface area contributed by atoms with Gasteiger partial charge < -0.3 is 5.32 Å². The summed E-state index contributed by atoms with van der Waals surface area (Å²) in [5, 5.41) is 3.56. The molecule has 0 heterocycles. The second-order valence-electron chi connectivity index (χ2n) is 4.73. The molecule has 0 aromatic heterocycles. The lowest BCUT2D eigenvalue weighted by molar-refractivity contribution is 0.486. The molecule has 4 heteroatoms. The van der Waals surface area contributed by atoms with E-state index in [2.05, 4.69) is 5.32 Å². The number of hydrogen-bond donors (Lipinski definition) is 1. The molecule has 0 aliphatic carbocycles. The SMILES string of the molecule is CNC(Cc1ccccc1Cl)c1c(F)ccc(C)c1F. The molecule has 0 radical (unpaired) electrons. The number of rotatable bonds is 4. The van der Waals surface area contributed by atoms with E-state index in [9.17, 15) is 8.78 Å². The third-order valence-corrected chi connectivity index (χ3v) is 3.77. The highest BCUT2D eigenvalue weighted by Gasteiger charge is 2.21. The summed E-state index contributed by atoms with van der Waals surface area (Å²) in [5.74, 6) is -1.05. The number of nitrogens with one attached hydrogen (secondary N) is 1. The van der Waals surface area contributed by atoms with Gasteiger partial charge in [-0.2, -0.15) is 0 Å². The van der Waals surface area contributed by atoms with Crippen molar-refractivity contribution >= 4 is 11.6 Å². The number of aryl methyl sites for hydroxylation is 1. The lowest BCUT2D eigenvalue weighted by atomic mass is 9.96. The van der Waals surface area contributed by atoms with Gasteiger partial charge in [-0.05, 0) is 43.7 Å². The summed E-state index contributed by atoms with van der Waals surface area (Å²) in [6, 6.07) is 9.59. The Labute approximate surface area is 122 Å². The third-order valence-electron chi connectivity index (χ3n) is 3.40.